The molecule has 0 aliphatic rings. The summed E-state index contributed by atoms with van der Waals surface area (Å²) in [5, 5.41) is 47.5. The van der Waals surface area contributed by atoms with E-state index in [9.17, 15) is 75.3 Å². The number of carbonyl (C=O) groups excluding carboxylic acids is 2. The fourth-order valence-corrected chi connectivity index (χ4v) is 17.0. The van der Waals surface area contributed by atoms with Crippen LogP contribution in [0.3, 0.4) is 0 Å². The number of pyridine rings is 8. The molecule has 0 aliphatic heterocycles. The van der Waals surface area contributed by atoms with Crippen molar-refractivity contribution in [2.45, 2.75) is 60.8 Å². The first-order valence-electron chi connectivity index (χ1n) is 41.8. The Hall–Kier alpha value is -16.7. The van der Waals surface area contributed by atoms with Crippen LogP contribution < -0.4 is 33.1 Å². The van der Waals surface area contributed by atoms with Crippen LogP contribution in [0.1, 0.15) is 93.9 Å². The number of nitrogens with one attached hydrogen (secondary N) is 9. The average Bonchev–Trinajstić information content (AvgIpc) is 1.60. The second-order valence-electron chi connectivity index (χ2n) is 31.9. The van der Waals surface area contributed by atoms with Crippen LogP contribution in [-0.4, -0.2) is 171 Å². The molecule has 1 amide bonds. The lowest BCUT2D eigenvalue weighted by molar-refractivity contribution is 0.0470. The molecule has 4 aromatic carbocycles. The van der Waals surface area contributed by atoms with Crippen molar-refractivity contribution in [3.63, 3.8) is 0 Å². The van der Waals surface area contributed by atoms with E-state index in [0.29, 0.717) is 72.5 Å². The van der Waals surface area contributed by atoms with E-state index in [1.54, 1.807) is 96.2 Å². The minimum absolute atomic E-state index is 0.00434. The van der Waals surface area contributed by atoms with Gasteiger partial charge in [0.05, 0.1) is 148 Å². The lowest BCUT2D eigenvalue weighted by atomic mass is 10.1. The van der Waals surface area contributed by atoms with Gasteiger partial charge >= 0.3 is 17.9 Å². The number of amides is 1. The number of carboxylic acids is 2. The number of hydrogen-bond acceptors (Lipinski definition) is 19. The van der Waals surface area contributed by atoms with Gasteiger partial charge in [-0.2, -0.15) is 15.3 Å². The number of rotatable bonds is 20. The van der Waals surface area contributed by atoms with Crippen molar-refractivity contribution in [1.29, 1.82) is 0 Å². The van der Waals surface area contributed by atoms with Gasteiger partial charge in [0, 0.05) is 147 Å². The number of carbonyl (C=O) groups is 4. The Morgan fingerprint density at radius 3 is 1.11 bits per heavy atom. The number of carboxylic acid groups (broad SMARTS) is 2. The fraction of sp³-hybridized carbons (Fsp3) is 0.147. The molecule has 20 rings (SSSR count). The maximum atomic E-state index is 14.9. The number of ether oxygens (including phenoxy) is 1. The Kier molecular flexibility index (Phi) is 25.4. The normalized spacial score (nSPS) is 11.5. The number of aryl methyl sites for hydroxylation is 4. The van der Waals surface area contributed by atoms with E-state index >= 15 is 0 Å². The molecule has 137 heavy (non-hydrogen) atoms. The van der Waals surface area contributed by atoms with Crippen LogP contribution in [0.25, 0.3) is 132 Å². The monoisotopic (exact) mass is 1910 g/mol. The zero-order valence-electron chi connectivity index (χ0n) is 72.9. The summed E-state index contributed by atoms with van der Waals surface area (Å²) in [4.78, 5) is 151. The molecule has 0 radical (unpaired) electrons. The minimum Gasteiger partial charge on any atom is -0.477 e. The lowest BCUT2D eigenvalue weighted by Crippen LogP contribution is -2.27. The highest BCUT2D eigenvalue weighted by atomic mass is 35.5. The molecule has 0 unspecified atom stereocenters. The van der Waals surface area contributed by atoms with Gasteiger partial charge in [-0.25, -0.2) is 61.3 Å². The quantitative estimate of drug-likeness (QED) is 0.0249. The highest BCUT2D eigenvalue weighted by Crippen LogP contribution is 2.42. The summed E-state index contributed by atoms with van der Waals surface area (Å²) in [6.07, 6.45) is 12.0. The summed E-state index contributed by atoms with van der Waals surface area (Å²) in [6.45, 7) is 8.66. The number of hydrogen-bond donors (Lipinski definition) is 11. The molecule has 0 spiro atoms. The van der Waals surface area contributed by atoms with Gasteiger partial charge in [0.2, 0.25) is 0 Å². The number of halogens is 8. The number of aromatic nitrogens is 20. The number of aromatic carboxylic acids is 2. The van der Waals surface area contributed by atoms with Crippen LogP contribution in [0.4, 0.5) is 22.0 Å². The fourth-order valence-electron chi connectivity index (χ4n) is 16.3. The van der Waals surface area contributed by atoms with E-state index in [4.69, 9.17) is 39.5 Å². The van der Waals surface area contributed by atoms with Gasteiger partial charge in [0.25, 0.3) is 33.7 Å². The number of likely N-dealkylation sites (N-methyl/N-ethyl adjacent to an activating group) is 1. The highest BCUT2D eigenvalue weighted by molar-refractivity contribution is 6.33. The van der Waals surface area contributed by atoms with Crippen molar-refractivity contribution in [1.82, 2.24) is 109 Å². The summed E-state index contributed by atoms with van der Waals surface area (Å²) >= 11 is 19.6. The third-order valence-corrected chi connectivity index (χ3v) is 23.9. The summed E-state index contributed by atoms with van der Waals surface area (Å²) in [7, 11) is 3.73. The molecule has 34 nitrogen and oxygen atoms in total. The van der Waals surface area contributed by atoms with Crippen molar-refractivity contribution in [2.75, 3.05) is 33.8 Å². The predicted octanol–water partition coefficient (Wildman–Crippen LogP) is 15.4. The van der Waals surface area contributed by atoms with Crippen molar-refractivity contribution in [2.24, 2.45) is 0 Å². The van der Waals surface area contributed by atoms with Gasteiger partial charge in [0.1, 0.15) is 58.5 Å². The second-order valence-corrected chi connectivity index (χ2v) is 33.1. The average molecular weight is 1920 g/mol. The van der Waals surface area contributed by atoms with Crippen LogP contribution in [0.5, 0.6) is 0 Å². The lowest BCUT2D eigenvalue weighted by Gasteiger charge is -2.14. The molecule has 0 bridgehead atoms. The van der Waals surface area contributed by atoms with Crippen LogP contribution in [0.15, 0.2) is 195 Å². The van der Waals surface area contributed by atoms with Crippen molar-refractivity contribution in [3.8, 4) is 44.5 Å². The smallest absolute Gasteiger partial charge is 0.355 e. The molecule has 20 aromatic rings. The Morgan fingerprint density at radius 2 is 0.766 bits per heavy atom. The van der Waals surface area contributed by atoms with E-state index < -0.39 is 75.1 Å². The Balaban J connectivity index is 0.000000127. The number of esters is 1. The van der Waals surface area contributed by atoms with E-state index in [-0.39, 0.29) is 161 Å². The van der Waals surface area contributed by atoms with Gasteiger partial charge in [-0.1, -0.05) is 34.8 Å². The summed E-state index contributed by atoms with van der Waals surface area (Å²) < 4.78 is 85.0. The molecule has 0 aliphatic carbocycles. The van der Waals surface area contributed by atoms with Gasteiger partial charge in [-0.3, -0.25) is 44.1 Å². The zero-order valence-corrected chi connectivity index (χ0v) is 75.2. The standard InChI is InChI=1S/C26H24ClFN6O3.C24H20ClFN6O2.C23H15F2N5O4.C22H15ClFN5O3/c1-14-19(28)11-21-23(31-14)22(17-5-4-6-29-25(17)35)24(26(36)37-8-7-33(2)3)34(21)13-16-9-15-12-30-32-20(15)10-18(16)27;1-3-27-24(34)22-20(15-5-4-6-28-23(15)33)21-19(9-17(26)12(2)30-21)32(22)11-14-7-13-10-29-31-18(13)8-16(14)25;1-10-14(24)7-17-19(29-10)18(12-3-2-4-26-21(12)31)20(23(33)34)30(17)8-11-5-13-16(6-15(11)25)27-9-28-22(13)32;1-10-15(24)7-17-19(27-10)18(13-3-2-4-25-21(13)30)20(22(31)32)29(17)9-12-5-11-8-26-28-16(11)6-14(12)23/h4-6,9-12H,7-8,13H2,1-3H3,(H,29,35)(H,30,32);4-10H,3,11H2,1-2H3,(H,27,34)(H,28,33)(H,29,31);2-7,9H,8H2,1H3,(H,26,31)(H,33,34)(H,27,28,32);2-8H,9H2,1H3,(H,25,30)(H,26,28)(H,31,32). The molecule has 692 valence electrons. The van der Waals surface area contributed by atoms with Crippen LogP contribution in [0.2, 0.25) is 15.1 Å². The first kappa shape index (κ1) is 92.2. The van der Waals surface area contributed by atoms with Gasteiger partial charge in [-0.15, -0.1) is 0 Å². The molecule has 0 saturated heterocycles. The SMILES string of the molecule is CCNC(=O)c1c(-c2ccc[nH]c2=O)c2nc(C)c(F)cc2n1Cc1cc2cn[nH]c2cc1Cl.Cc1nc2c(-c3ccc[nH]c3=O)c(C(=O)O)n(Cc3cc4c(=O)[nH]cnc4cc3F)c2cc1F.Cc1nc2c(-c3ccc[nH]c3=O)c(C(=O)O)n(Cc3cc4cn[nH]c4cc3Cl)c2cc1F.Cc1nc2c(-c3ccc[nH]c3=O)c(C(=O)OCCN(C)C)n(Cc3cc4cn[nH]c4cc3Cl)c2cc1F. The predicted molar refractivity (Wildman–Crippen MR) is 505 cm³/mol. The van der Waals surface area contributed by atoms with Crippen LogP contribution in [0, 0.1) is 56.8 Å². The number of aromatic amines is 8. The second kappa shape index (κ2) is 37.8. The number of benzene rings is 4. The van der Waals surface area contributed by atoms with E-state index in [2.05, 4.69) is 85.7 Å². The first-order chi connectivity index (χ1) is 65.7. The van der Waals surface area contributed by atoms with E-state index in [0.717, 1.165) is 51.2 Å². The molecule has 0 fully saturated rings. The third kappa shape index (κ3) is 17.7. The molecular formula is C95H74Cl3F5N22O12. The summed E-state index contributed by atoms with van der Waals surface area (Å²) in [6, 6.07) is 30.6. The molecule has 42 heteroatoms. The molecule has 0 atom stereocenters. The van der Waals surface area contributed by atoms with Gasteiger partial charge < -0.3 is 68.4 Å². The number of nitrogens with zero attached hydrogens (tertiary/aromatic N) is 13. The summed E-state index contributed by atoms with van der Waals surface area (Å²) in [5.41, 5.74) is 5.49. The Bertz CT molecular complexity index is 8680. The topological polar surface area (TPSA) is 468 Å². The van der Waals surface area contributed by atoms with Crippen molar-refractivity contribution in [3.05, 3.63) is 335 Å². The van der Waals surface area contributed by atoms with Crippen molar-refractivity contribution >= 4 is 146 Å². The maximum Gasteiger partial charge on any atom is 0.355 e. The Labute approximate surface area is 780 Å². The molecule has 16 heterocycles. The summed E-state index contributed by atoms with van der Waals surface area (Å²) in [5.74, 6) is -6.83. The number of H-pyrrole nitrogens is 8. The van der Waals surface area contributed by atoms with Gasteiger partial charge in [-0.05, 0) is 156 Å². The van der Waals surface area contributed by atoms with Crippen LogP contribution >= 0.6 is 34.8 Å². The minimum atomic E-state index is -1.42. The van der Waals surface area contributed by atoms with E-state index in [1.165, 1.54) is 97.2 Å². The van der Waals surface area contributed by atoms with Crippen LogP contribution in [-0.2, 0) is 30.9 Å². The third-order valence-electron chi connectivity index (χ3n) is 22.9. The molecule has 16 aromatic heterocycles. The first-order valence-corrected chi connectivity index (χ1v) is 42.9. The van der Waals surface area contributed by atoms with E-state index in [1.807, 2.05) is 31.1 Å². The molecule has 0 saturated carbocycles. The Morgan fingerprint density at radius 1 is 0.431 bits per heavy atom. The maximum absolute atomic E-state index is 14.9. The van der Waals surface area contributed by atoms with Gasteiger partial charge in [0.15, 0.2) is 0 Å². The zero-order chi connectivity index (χ0) is 97.0. The molecule has 11 N–H and O–H groups in total. The largest absolute Gasteiger partial charge is 0.477 e. The van der Waals surface area contributed by atoms with Crippen molar-refractivity contribution < 1.29 is 56.1 Å². The molecular weight excluding hydrogens is 1840 g/mol. The highest BCUT2D eigenvalue weighted by Gasteiger charge is 2.34. The number of fused-ring (bicyclic) bond motifs is 8.